The van der Waals surface area contributed by atoms with Crippen LogP contribution in [-0.2, 0) is 16.1 Å². The van der Waals surface area contributed by atoms with Crippen molar-refractivity contribution in [1.82, 2.24) is 20.3 Å². The minimum atomic E-state index is -0.622. The Morgan fingerprint density at radius 3 is 2.49 bits per heavy atom. The Balaban J connectivity index is 1.23. The van der Waals surface area contributed by atoms with Crippen LogP contribution in [0.15, 0.2) is 84.6 Å². The molecule has 0 spiro atoms. The van der Waals surface area contributed by atoms with E-state index < -0.39 is 5.91 Å². The van der Waals surface area contributed by atoms with Gasteiger partial charge in [0.05, 0.1) is 5.69 Å². The zero-order chi connectivity index (χ0) is 24.5. The van der Waals surface area contributed by atoms with E-state index in [1.54, 1.807) is 24.4 Å². The van der Waals surface area contributed by atoms with Gasteiger partial charge < -0.3 is 0 Å². The molecule has 1 fully saturated rings. The highest BCUT2D eigenvalue weighted by atomic mass is 16.5. The van der Waals surface area contributed by atoms with Gasteiger partial charge in [0.15, 0.2) is 5.78 Å². The number of ketones is 1. The van der Waals surface area contributed by atoms with Crippen LogP contribution in [-0.4, -0.2) is 63.9 Å². The fraction of sp³-hybridized carbons (Fsp3) is 0.250. The molecule has 7 nitrogen and oxygen atoms in total. The first-order valence-corrected chi connectivity index (χ1v) is 11.8. The Morgan fingerprint density at radius 1 is 1.03 bits per heavy atom. The standard InChI is InChI=1S/C28H30N4O3/c33-27(14-7-22-6-10-25(29-20-22)11-15-28(34)30-35)24-8-12-26(13-9-24)32-18-16-31(17-19-32)21-23-4-2-1-3-5-23/h1-12,14-15,20,26,35H,13,16-19,21H2,(H,30,34)/b14-7+,15-11+. The van der Waals surface area contributed by atoms with Crippen molar-refractivity contribution in [2.45, 2.75) is 19.0 Å². The molecule has 0 radical (unpaired) electrons. The van der Waals surface area contributed by atoms with E-state index >= 15 is 0 Å². The molecule has 35 heavy (non-hydrogen) atoms. The molecule has 2 N–H and O–H groups in total. The molecule has 4 rings (SSSR count). The first kappa shape index (κ1) is 24.5. The fourth-order valence-corrected chi connectivity index (χ4v) is 4.24. The molecule has 2 aromatic rings. The highest BCUT2D eigenvalue weighted by Gasteiger charge is 2.23. The van der Waals surface area contributed by atoms with Crippen molar-refractivity contribution < 1.29 is 14.8 Å². The van der Waals surface area contributed by atoms with Gasteiger partial charge in [0.25, 0.3) is 5.91 Å². The maximum absolute atomic E-state index is 12.6. The van der Waals surface area contributed by atoms with Crippen molar-refractivity contribution in [3.63, 3.8) is 0 Å². The molecule has 1 aromatic carbocycles. The average Bonchev–Trinajstić information content (AvgIpc) is 2.92. The van der Waals surface area contributed by atoms with Gasteiger partial charge in [-0.1, -0.05) is 54.6 Å². The second-order valence-electron chi connectivity index (χ2n) is 8.64. The molecule has 0 saturated carbocycles. The molecule has 1 aliphatic heterocycles. The second kappa shape index (κ2) is 12.2. The molecular weight excluding hydrogens is 440 g/mol. The number of nitrogens with one attached hydrogen (secondary N) is 1. The Kier molecular flexibility index (Phi) is 8.51. The van der Waals surface area contributed by atoms with E-state index in [2.05, 4.69) is 51.2 Å². The number of amides is 1. The molecule has 2 aliphatic rings. The molecule has 1 unspecified atom stereocenters. The molecule has 180 valence electrons. The van der Waals surface area contributed by atoms with Crippen LogP contribution in [0.4, 0.5) is 0 Å². The number of hydrogen-bond acceptors (Lipinski definition) is 6. The highest BCUT2D eigenvalue weighted by Crippen LogP contribution is 2.19. The number of aromatic nitrogens is 1. The number of hydrogen-bond donors (Lipinski definition) is 2. The van der Waals surface area contributed by atoms with Crippen LogP contribution in [0.1, 0.15) is 23.2 Å². The molecule has 1 aromatic heterocycles. The van der Waals surface area contributed by atoms with Gasteiger partial charge in [-0.15, -0.1) is 0 Å². The van der Waals surface area contributed by atoms with E-state index in [0.717, 1.165) is 44.7 Å². The Hall–Kier alpha value is -3.65. The van der Waals surface area contributed by atoms with E-state index in [1.807, 2.05) is 18.2 Å². The van der Waals surface area contributed by atoms with Crippen LogP contribution in [0.5, 0.6) is 0 Å². The third kappa shape index (κ3) is 7.16. The summed E-state index contributed by atoms with van der Waals surface area (Å²) < 4.78 is 0. The summed E-state index contributed by atoms with van der Waals surface area (Å²) in [5.41, 5.74) is 4.95. The number of carbonyl (C=O) groups excluding carboxylic acids is 2. The third-order valence-electron chi connectivity index (χ3n) is 6.24. The van der Waals surface area contributed by atoms with Gasteiger partial charge in [0.1, 0.15) is 0 Å². The minimum Gasteiger partial charge on any atom is -0.297 e. The number of rotatable bonds is 8. The van der Waals surface area contributed by atoms with Gasteiger partial charge in [0, 0.05) is 56.6 Å². The largest absolute Gasteiger partial charge is 0.297 e. The fourth-order valence-electron chi connectivity index (χ4n) is 4.24. The molecule has 1 amide bonds. The van der Waals surface area contributed by atoms with Gasteiger partial charge in [-0.25, -0.2) is 5.48 Å². The van der Waals surface area contributed by atoms with E-state index in [4.69, 9.17) is 5.21 Å². The lowest BCUT2D eigenvalue weighted by Gasteiger charge is -2.38. The van der Waals surface area contributed by atoms with Crippen molar-refractivity contribution in [2.75, 3.05) is 26.2 Å². The van der Waals surface area contributed by atoms with Crippen LogP contribution in [0, 0.1) is 0 Å². The summed E-state index contributed by atoms with van der Waals surface area (Å²) in [5.74, 6) is -0.654. The molecule has 0 bridgehead atoms. The monoisotopic (exact) mass is 470 g/mol. The number of allylic oxidation sites excluding steroid dienone is 3. The van der Waals surface area contributed by atoms with Gasteiger partial charge in [-0.3, -0.25) is 29.6 Å². The lowest BCUT2D eigenvalue weighted by atomic mass is 9.98. The number of piperazine rings is 1. The normalized spacial score (nSPS) is 19.2. The maximum Gasteiger partial charge on any atom is 0.267 e. The summed E-state index contributed by atoms with van der Waals surface area (Å²) in [6.07, 6.45) is 14.6. The third-order valence-corrected chi connectivity index (χ3v) is 6.24. The van der Waals surface area contributed by atoms with E-state index in [1.165, 1.54) is 23.2 Å². The highest BCUT2D eigenvalue weighted by molar-refractivity contribution is 6.08. The topological polar surface area (TPSA) is 85.8 Å². The van der Waals surface area contributed by atoms with Crippen LogP contribution in [0.3, 0.4) is 0 Å². The molecule has 1 atom stereocenters. The van der Waals surface area contributed by atoms with E-state index in [9.17, 15) is 9.59 Å². The Bertz CT molecular complexity index is 1130. The Labute approximate surface area is 205 Å². The van der Waals surface area contributed by atoms with Crippen molar-refractivity contribution in [2.24, 2.45) is 0 Å². The number of nitrogens with zero attached hydrogens (tertiary/aromatic N) is 3. The Morgan fingerprint density at radius 2 is 1.83 bits per heavy atom. The van der Waals surface area contributed by atoms with Gasteiger partial charge in [-0.2, -0.15) is 0 Å². The summed E-state index contributed by atoms with van der Waals surface area (Å²) in [4.78, 5) is 32.9. The number of hydroxylamine groups is 1. The summed E-state index contributed by atoms with van der Waals surface area (Å²) in [6.45, 7) is 5.16. The summed E-state index contributed by atoms with van der Waals surface area (Å²) in [7, 11) is 0. The minimum absolute atomic E-state index is 0.0315. The molecule has 1 aliphatic carbocycles. The summed E-state index contributed by atoms with van der Waals surface area (Å²) in [5, 5.41) is 8.50. The smallest absolute Gasteiger partial charge is 0.267 e. The average molecular weight is 471 g/mol. The van der Waals surface area contributed by atoms with Crippen molar-refractivity contribution in [1.29, 1.82) is 0 Å². The molecule has 1 saturated heterocycles. The molecule has 2 heterocycles. The lowest BCUT2D eigenvalue weighted by Crippen LogP contribution is -2.49. The predicted octanol–water partition coefficient (Wildman–Crippen LogP) is 3.26. The van der Waals surface area contributed by atoms with Crippen LogP contribution in [0.2, 0.25) is 0 Å². The zero-order valence-electron chi connectivity index (χ0n) is 19.6. The molecular formula is C28H30N4O3. The van der Waals surface area contributed by atoms with Crippen molar-refractivity contribution >= 4 is 23.8 Å². The quantitative estimate of drug-likeness (QED) is 0.350. The van der Waals surface area contributed by atoms with Crippen LogP contribution in [0.25, 0.3) is 12.2 Å². The van der Waals surface area contributed by atoms with E-state index in [0.29, 0.717) is 17.3 Å². The lowest BCUT2D eigenvalue weighted by molar-refractivity contribution is -0.124. The predicted molar refractivity (Wildman–Crippen MR) is 136 cm³/mol. The summed E-state index contributed by atoms with van der Waals surface area (Å²) >= 11 is 0. The van der Waals surface area contributed by atoms with Gasteiger partial charge in [-0.05, 0) is 41.8 Å². The second-order valence-corrected chi connectivity index (χ2v) is 8.64. The first-order valence-electron chi connectivity index (χ1n) is 11.8. The van der Waals surface area contributed by atoms with Crippen molar-refractivity contribution in [3.05, 3.63) is 101 Å². The SMILES string of the molecule is O=C(/C=C/c1ccc(/C=C/C(=O)C2=CCC(N3CCN(Cc4ccccc4)CC3)C=C2)cn1)NO. The van der Waals surface area contributed by atoms with Crippen LogP contribution >= 0.6 is 0 Å². The number of pyridine rings is 1. The summed E-state index contributed by atoms with van der Waals surface area (Å²) in [6, 6.07) is 14.5. The van der Waals surface area contributed by atoms with Gasteiger partial charge >= 0.3 is 0 Å². The number of carbonyl (C=O) groups is 2. The van der Waals surface area contributed by atoms with Gasteiger partial charge in [0.2, 0.25) is 0 Å². The zero-order valence-corrected chi connectivity index (χ0v) is 19.6. The van der Waals surface area contributed by atoms with Crippen LogP contribution < -0.4 is 5.48 Å². The van der Waals surface area contributed by atoms with Crippen molar-refractivity contribution in [3.8, 4) is 0 Å². The maximum atomic E-state index is 12.6. The first-order chi connectivity index (χ1) is 17.1. The molecule has 7 heteroatoms. The van der Waals surface area contributed by atoms with E-state index in [-0.39, 0.29) is 5.78 Å². The number of benzene rings is 1.